The van der Waals surface area contributed by atoms with E-state index in [0.29, 0.717) is 17.1 Å². The van der Waals surface area contributed by atoms with Crippen molar-refractivity contribution in [2.24, 2.45) is 0 Å². The number of carbonyl (C=O) groups excluding carboxylic acids is 1. The fourth-order valence-electron chi connectivity index (χ4n) is 4.88. The molecule has 2 heterocycles. The highest BCUT2D eigenvalue weighted by Crippen LogP contribution is 2.46. The maximum Gasteiger partial charge on any atom is 0.252 e. The Bertz CT molecular complexity index is 1020. The van der Waals surface area contributed by atoms with Gasteiger partial charge in [0, 0.05) is 5.56 Å². The molecular formula is C24H39NO6Si3. The zero-order chi connectivity index (χ0) is 25.2. The molecule has 34 heavy (non-hydrogen) atoms. The molecule has 3 unspecified atom stereocenters. The molecule has 0 radical (unpaired) electrons. The summed E-state index contributed by atoms with van der Waals surface area (Å²) in [5.74, 6) is 1.21. The first-order valence-electron chi connectivity index (χ1n) is 12.0. The van der Waals surface area contributed by atoms with E-state index < -0.39 is 25.0 Å². The second kappa shape index (κ2) is 8.60. The molecular weight excluding hydrogens is 483 g/mol. The number of rotatable bonds is 6. The van der Waals surface area contributed by atoms with Crippen molar-refractivity contribution in [1.82, 2.24) is 5.32 Å². The third kappa shape index (κ3) is 5.21. The molecule has 0 saturated carbocycles. The maximum absolute atomic E-state index is 13.4. The minimum Gasteiger partial charge on any atom is -0.454 e. The second-order valence-corrected chi connectivity index (χ2v) is 25.7. The number of nitrogens with one attached hydrogen (secondary N) is 1. The predicted octanol–water partition coefficient (Wildman–Crippen LogP) is 4.89. The van der Waals surface area contributed by atoms with Crippen molar-refractivity contribution in [2.75, 3.05) is 6.79 Å². The van der Waals surface area contributed by atoms with Gasteiger partial charge in [-0.15, -0.1) is 0 Å². The van der Waals surface area contributed by atoms with Gasteiger partial charge in [0.25, 0.3) is 5.91 Å². The Balaban J connectivity index is 1.91. The minimum atomic E-state index is -2.00. The van der Waals surface area contributed by atoms with E-state index in [1.807, 2.05) is 13.0 Å². The van der Waals surface area contributed by atoms with Crippen LogP contribution >= 0.6 is 0 Å². The van der Waals surface area contributed by atoms with Crippen molar-refractivity contribution in [3.05, 3.63) is 28.8 Å². The summed E-state index contributed by atoms with van der Waals surface area (Å²) >= 11 is 0. The molecule has 7 nitrogen and oxygen atoms in total. The van der Waals surface area contributed by atoms with Crippen LogP contribution in [0.2, 0.25) is 58.9 Å². The summed E-state index contributed by atoms with van der Waals surface area (Å²) in [7, 11) is -5.88. The van der Waals surface area contributed by atoms with Gasteiger partial charge in [0.1, 0.15) is 6.10 Å². The molecule has 10 heteroatoms. The van der Waals surface area contributed by atoms with Crippen LogP contribution in [0.15, 0.2) is 12.1 Å². The largest absolute Gasteiger partial charge is 0.454 e. The maximum atomic E-state index is 13.4. The lowest BCUT2D eigenvalue weighted by Gasteiger charge is -2.49. The Morgan fingerprint density at radius 1 is 0.882 bits per heavy atom. The molecule has 2 aliphatic heterocycles. The van der Waals surface area contributed by atoms with Crippen molar-refractivity contribution in [2.45, 2.75) is 90.2 Å². The van der Waals surface area contributed by atoms with Crippen LogP contribution < -0.4 is 14.8 Å². The van der Waals surface area contributed by atoms with Crippen molar-refractivity contribution in [1.29, 1.82) is 0 Å². The fourth-order valence-corrected chi connectivity index (χ4v) is 8.07. The zero-order valence-electron chi connectivity index (χ0n) is 22.1. The molecule has 1 aliphatic carbocycles. The van der Waals surface area contributed by atoms with Crippen LogP contribution in [-0.2, 0) is 13.3 Å². The van der Waals surface area contributed by atoms with Crippen molar-refractivity contribution < 1.29 is 27.5 Å². The highest BCUT2D eigenvalue weighted by atomic mass is 28.4. The molecule has 1 N–H and O–H groups in total. The molecule has 1 aromatic carbocycles. The SMILES string of the molecule is Cc1c2c(cc3c1C(=O)N[C@@H]1C3=CC(O[Si](C)(C)C)C(O[Si](C)(C)C)C1O[Si](C)(C)C)OCO2. The van der Waals surface area contributed by atoms with E-state index in [4.69, 9.17) is 22.8 Å². The molecule has 1 amide bonds. The van der Waals surface area contributed by atoms with Crippen LogP contribution in [0.1, 0.15) is 21.5 Å². The van der Waals surface area contributed by atoms with Crippen LogP contribution in [0.5, 0.6) is 11.5 Å². The smallest absolute Gasteiger partial charge is 0.252 e. The Hall–Kier alpha value is -1.44. The molecule has 0 saturated heterocycles. The Morgan fingerprint density at radius 3 is 2.06 bits per heavy atom. The Kier molecular flexibility index (Phi) is 6.48. The van der Waals surface area contributed by atoms with E-state index in [9.17, 15) is 4.79 Å². The lowest BCUT2D eigenvalue weighted by atomic mass is 9.78. The van der Waals surface area contributed by atoms with Gasteiger partial charge in [0.2, 0.25) is 6.79 Å². The normalized spacial score (nSPS) is 26.5. The summed E-state index contributed by atoms with van der Waals surface area (Å²) in [6.45, 7) is 21.7. The van der Waals surface area contributed by atoms with E-state index in [-0.39, 0.29) is 37.1 Å². The van der Waals surface area contributed by atoms with E-state index in [2.05, 4.69) is 70.3 Å². The number of carbonyl (C=O) groups is 1. The molecule has 0 bridgehead atoms. The number of benzene rings is 1. The number of fused-ring (bicyclic) bond motifs is 4. The van der Waals surface area contributed by atoms with Crippen LogP contribution in [0.25, 0.3) is 5.57 Å². The molecule has 0 fully saturated rings. The lowest BCUT2D eigenvalue weighted by molar-refractivity contribution is -0.0287. The van der Waals surface area contributed by atoms with Gasteiger partial charge < -0.3 is 28.1 Å². The number of hydrogen-bond donors (Lipinski definition) is 1. The average Bonchev–Trinajstić information content (AvgIpc) is 3.11. The fraction of sp³-hybridized carbons (Fsp3) is 0.625. The number of ether oxygens (including phenoxy) is 2. The first-order valence-corrected chi connectivity index (χ1v) is 22.3. The highest BCUT2D eigenvalue weighted by Gasteiger charge is 2.50. The zero-order valence-corrected chi connectivity index (χ0v) is 25.1. The predicted molar refractivity (Wildman–Crippen MR) is 141 cm³/mol. The molecule has 3 aliphatic rings. The van der Waals surface area contributed by atoms with E-state index >= 15 is 0 Å². The van der Waals surface area contributed by atoms with Crippen molar-refractivity contribution in [3.63, 3.8) is 0 Å². The van der Waals surface area contributed by atoms with Crippen molar-refractivity contribution in [3.8, 4) is 11.5 Å². The van der Waals surface area contributed by atoms with E-state index in [1.54, 1.807) is 0 Å². The summed E-state index contributed by atoms with van der Waals surface area (Å²) in [6, 6.07) is 1.62. The summed E-state index contributed by atoms with van der Waals surface area (Å²) in [5.41, 5.74) is 3.32. The van der Waals surface area contributed by atoms with Crippen molar-refractivity contribution >= 4 is 36.4 Å². The Labute approximate surface area is 206 Å². The number of hydrogen-bond acceptors (Lipinski definition) is 6. The molecule has 4 atom stereocenters. The summed E-state index contributed by atoms with van der Waals surface area (Å²) in [5, 5.41) is 3.26. The van der Waals surface area contributed by atoms with Gasteiger partial charge in [0.05, 0.1) is 23.8 Å². The van der Waals surface area contributed by atoms with E-state index in [1.165, 1.54) is 0 Å². The van der Waals surface area contributed by atoms with Gasteiger partial charge in [-0.3, -0.25) is 4.79 Å². The second-order valence-electron chi connectivity index (χ2n) is 12.3. The molecule has 1 aromatic rings. The van der Waals surface area contributed by atoms with Crippen LogP contribution in [0.3, 0.4) is 0 Å². The van der Waals surface area contributed by atoms with Gasteiger partial charge in [-0.25, -0.2) is 0 Å². The molecule has 4 rings (SSSR count). The summed E-state index contributed by atoms with van der Waals surface area (Å²) in [6.07, 6.45) is 1.26. The topological polar surface area (TPSA) is 75.3 Å². The van der Waals surface area contributed by atoms with Crippen LogP contribution in [0.4, 0.5) is 0 Å². The first kappa shape index (κ1) is 25.6. The third-order valence-corrected chi connectivity index (χ3v) is 8.79. The molecule has 0 aromatic heterocycles. The highest BCUT2D eigenvalue weighted by molar-refractivity contribution is 6.70. The molecule has 0 spiro atoms. The number of amides is 1. The standard InChI is InChI=1S/C24H39NO6Si3/c1-14-19-15(11-17-21(14)28-13-27-17)16-12-18(29-32(2,3)4)22(30-33(5,6)7)23(31-34(8,9)10)20(16)25-24(19)26/h11-12,18,20,22-23H,13H2,1-10H3,(H,25,26)/t18?,20-,22?,23?/m1/s1. The minimum absolute atomic E-state index is 0.117. The van der Waals surface area contributed by atoms with E-state index in [0.717, 1.165) is 16.7 Å². The monoisotopic (exact) mass is 521 g/mol. The summed E-state index contributed by atoms with van der Waals surface area (Å²) in [4.78, 5) is 13.4. The molecule has 188 valence electrons. The van der Waals surface area contributed by atoms with Gasteiger partial charge in [-0.05, 0) is 89.1 Å². The summed E-state index contributed by atoms with van der Waals surface area (Å²) < 4.78 is 31.6. The quantitative estimate of drug-likeness (QED) is 0.537. The van der Waals surface area contributed by atoms with Crippen LogP contribution in [0, 0.1) is 6.92 Å². The first-order chi connectivity index (χ1) is 15.5. The van der Waals surface area contributed by atoms with Gasteiger partial charge in [-0.1, -0.05) is 0 Å². The third-order valence-electron chi connectivity index (χ3n) is 5.85. The Morgan fingerprint density at radius 2 is 1.47 bits per heavy atom. The lowest BCUT2D eigenvalue weighted by Crippen LogP contribution is -2.63. The van der Waals surface area contributed by atoms with Gasteiger partial charge in [0.15, 0.2) is 36.5 Å². The average molecular weight is 522 g/mol. The van der Waals surface area contributed by atoms with Gasteiger partial charge in [-0.2, -0.15) is 0 Å². The van der Waals surface area contributed by atoms with Crippen LogP contribution in [-0.4, -0.2) is 62.0 Å². The van der Waals surface area contributed by atoms with Gasteiger partial charge >= 0.3 is 0 Å².